The summed E-state index contributed by atoms with van der Waals surface area (Å²) in [4.78, 5) is 21.5. The molecule has 0 spiro atoms. The standard InChI is InChI=1S/C19H21N5OS/c1-22-12-16(11-20-22)19(25)24-9-7-23(8-10-24)13-17-14-26-18(21-17)15-5-3-2-4-6-15/h2-6,11-12,14H,7-10,13H2,1H3. The minimum Gasteiger partial charge on any atom is -0.336 e. The van der Waals surface area contributed by atoms with Crippen molar-refractivity contribution >= 4 is 17.2 Å². The minimum absolute atomic E-state index is 0.0674. The summed E-state index contributed by atoms with van der Waals surface area (Å²) < 4.78 is 1.66. The van der Waals surface area contributed by atoms with Crippen molar-refractivity contribution in [3.05, 3.63) is 59.4 Å². The Labute approximate surface area is 156 Å². The highest BCUT2D eigenvalue weighted by Gasteiger charge is 2.23. The van der Waals surface area contributed by atoms with Crippen molar-refractivity contribution in [2.24, 2.45) is 7.05 Å². The van der Waals surface area contributed by atoms with Crippen LogP contribution < -0.4 is 0 Å². The zero-order valence-corrected chi connectivity index (χ0v) is 15.5. The first-order valence-corrected chi connectivity index (χ1v) is 9.57. The van der Waals surface area contributed by atoms with Crippen LogP contribution >= 0.6 is 11.3 Å². The number of hydrogen-bond donors (Lipinski definition) is 0. The Morgan fingerprint density at radius 3 is 2.62 bits per heavy atom. The van der Waals surface area contributed by atoms with Gasteiger partial charge in [0.2, 0.25) is 0 Å². The van der Waals surface area contributed by atoms with Gasteiger partial charge in [-0.15, -0.1) is 11.3 Å². The van der Waals surface area contributed by atoms with E-state index in [9.17, 15) is 4.79 Å². The van der Waals surface area contributed by atoms with E-state index >= 15 is 0 Å². The third-order valence-electron chi connectivity index (χ3n) is 4.57. The summed E-state index contributed by atoms with van der Waals surface area (Å²) in [5.74, 6) is 0.0674. The summed E-state index contributed by atoms with van der Waals surface area (Å²) in [5, 5.41) is 7.28. The van der Waals surface area contributed by atoms with Gasteiger partial charge < -0.3 is 4.90 Å². The summed E-state index contributed by atoms with van der Waals surface area (Å²) in [6.45, 7) is 4.04. The average Bonchev–Trinajstić information content (AvgIpc) is 3.32. The van der Waals surface area contributed by atoms with Gasteiger partial charge in [-0.05, 0) is 0 Å². The highest BCUT2D eigenvalue weighted by molar-refractivity contribution is 7.13. The molecule has 0 atom stereocenters. The normalized spacial score (nSPS) is 15.3. The molecule has 0 bridgehead atoms. The number of benzene rings is 1. The summed E-state index contributed by atoms with van der Waals surface area (Å²) >= 11 is 1.68. The number of carbonyl (C=O) groups is 1. The SMILES string of the molecule is Cn1cc(C(=O)N2CCN(Cc3csc(-c4ccccc4)n3)CC2)cn1. The lowest BCUT2D eigenvalue weighted by atomic mass is 10.2. The Hall–Kier alpha value is -2.51. The number of aryl methyl sites for hydroxylation is 1. The average molecular weight is 367 g/mol. The van der Waals surface area contributed by atoms with Gasteiger partial charge in [0.25, 0.3) is 5.91 Å². The molecule has 3 aromatic rings. The molecule has 2 aromatic heterocycles. The fourth-order valence-corrected chi connectivity index (χ4v) is 3.96. The summed E-state index contributed by atoms with van der Waals surface area (Å²) in [6.07, 6.45) is 3.41. The molecular weight excluding hydrogens is 346 g/mol. The van der Waals surface area contributed by atoms with Crippen molar-refractivity contribution in [1.29, 1.82) is 0 Å². The molecule has 3 heterocycles. The van der Waals surface area contributed by atoms with Gasteiger partial charge in [0.15, 0.2) is 0 Å². The first-order valence-electron chi connectivity index (χ1n) is 8.69. The van der Waals surface area contributed by atoms with E-state index < -0.39 is 0 Å². The molecule has 7 heteroatoms. The van der Waals surface area contributed by atoms with Crippen molar-refractivity contribution in [2.45, 2.75) is 6.54 Å². The number of hydrogen-bond acceptors (Lipinski definition) is 5. The lowest BCUT2D eigenvalue weighted by Crippen LogP contribution is -2.48. The van der Waals surface area contributed by atoms with E-state index in [1.807, 2.05) is 30.1 Å². The van der Waals surface area contributed by atoms with Crippen LogP contribution in [-0.4, -0.2) is 56.7 Å². The van der Waals surface area contributed by atoms with Crippen LogP contribution in [0, 0.1) is 0 Å². The fraction of sp³-hybridized carbons (Fsp3) is 0.316. The van der Waals surface area contributed by atoms with Crippen LogP contribution in [-0.2, 0) is 13.6 Å². The monoisotopic (exact) mass is 367 g/mol. The van der Waals surface area contributed by atoms with Crippen molar-refractivity contribution in [2.75, 3.05) is 26.2 Å². The van der Waals surface area contributed by atoms with Gasteiger partial charge in [-0.2, -0.15) is 5.10 Å². The maximum atomic E-state index is 12.5. The molecule has 0 saturated carbocycles. The molecule has 1 aliphatic rings. The Bertz CT molecular complexity index is 880. The predicted octanol–water partition coefficient (Wildman–Crippen LogP) is 2.50. The molecule has 6 nitrogen and oxygen atoms in total. The van der Waals surface area contributed by atoms with E-state index in [-0.39, 0.29) is 5.91 Å². The van der Waals surface area contributed by atoms with Gasteiger partial charge >= 0.3 is 0 Å². The maximum absolute atomic E-state index is 12.5. The maximum Gasteiger partial charge on any atom is 0.257 e. The molecule has 1 saturated heterocycles. The minimum atomic E-state index is 0.0674. The van der Waals surface area contributed by atoms with Crippen LogP contribution in [0.25, 0.3) is 10.6 Å². The van der Waals surface area contributed by atoms with Crippen molar-refractivity contribution in [3.8, 4) is 10.6 Å². The van der Waals surface area contributed by atoms with Crippen LogP contribution in [0.5, 0.6) is 0 Å². The number of nitrogens with zero attached hydrogens (tertiary/aromatic N) is 5. The van der Waals surface area contributed by atoms with Crippen LogP contribution in [0.4, 0.5) is 0 Å². The Kier molecular flexibility index (Phi) is 4.81. The highest BCUT2D eigenvalue weighted by atomic mass is 32.1. The zero-order valence-electron chi connectivity index (χ0n) is 14.7. The van der Waals surface area contributed by atoms with E-state index in [2.05, 4.69) is 27.5 Å². The van der Waals surface area contributed by atoms with Crippen molar-refractivity contribution in [3.63, 3.8) is 0 Å². The molecule has 1 amide bonds. The quantitative estimate of drug-likeness (QED) is 0.711. The molecule has 0 N–H and O–H groups in total. The first-order chi connectivity index (χ1) is 12.7. The third kappa shape index (κ3) is 3.68. The van der Waals surface area contributed by atoms with E-state index in [1.54, 1.807) is 28.4 Å². The van der Waals surface area contributed by atoms with Crippen molar-refractivity contribution < 1.29 is 4.79 Å². The number of aromatic nitrogens is 3. The molecule has 1 aliphatic heterocycles. The molecule has 26 heavy (non-hydrogen) atoms. The molecule has 0 unspecified atom stereocenters. The van der Waals surface area contributed by atoms with Gasteiger partial charge in [0.05, 0.1) is 17.5 Å². The van der Waals surface area contributed by atoms with Gasteiger partial charge in [-0.3, -0.25) is 14.4 Å². The third-order valence-corrected chi connectivity index (χ3v) is 5.51. The van der Waals surface area contributed by atoms with E-state index in [0.717, 1.165) is 49.0 Å². The first kappa shape index (κ1) is 16.9. The number of amides is 1. The van der Waals surface area contributed by atoms with Gasteiger partial charge in [0.1, 0.15) is 5.01 Å². The van der Waals surface area contributed by atoms with E-state index in [0.29, 0.717) is 5.56 Å². The molecular formula is C19H21N5OS. The Morgan fingerprint density at radius 2 is 1.92 bits per heavy atom. The second kappa shape index (κ2) is 7.39. The predicted molar refractivity (Wildman–Crippen MR) is 102 cm³/mol. The summed E-state index contributed by atoms with van der Waals surface area (Å²) in [5.41, 5.74) is 2.92. The fourth-order valence-electron chi connectivity index (χ4n) is 3.15. The highest BCUT2D eigenvalue weighted by Crippen LogP contribution is 2.24. The zero-order chi connectivity index (χ0) is 17.9. The van der Waals surface area contributed by atoms with Crippen LogP contribution in [0.2, 0.25) is 0 Å². The molecule has 1 aromatic carbocycles. The second-order valence-corrected chi connectivity index (χ2v) is 7.34. The Morgan fingerprint density at radius 1 is 1.15 bits per heavy atom. The number of rotatable bonds is 4. The van der Waals surface area contributed by atoms with Gasteiger partial charge in [-0.1, -0.05) is 30.3 Å². The number of piperazine rings is 1. The second-order valence-electron chi connectivity index (χ2n) is 6.48. The molecule has 134 valence electrons. The largest absolute Gasteiger partial charge is 0.336 e. The van der Waals surface area contributed by atoms with Gasteiger partial charge in [-0.25, -0.2) is 4.98 Å². The molecule has 0 radical (unpaired) electrons. The smallest absolute Gasteiger partial charge is 0.257 e. The number of thiazole rings is 1. The lowest BCUT2D eigenvalue weighted by Gasteiger charge is -2.34. The Balaban J connectivity index is 1.33. The van der Waals surface area contributed by atoms with E-state index in [4.69, 9.17) is 4.98 Å². The molecule has 1 fully saturated rings. The van der Waals surface area contributed by atoms with Crippen molar-refractivity contribution in [1.82, 2.24) is 24.6 Å². The number of carbonyl (C=O) groups excluding carboxylic acids is 1. The van der Waals surface area contributed by atoms with E-state index in [1.165, 1.54) is 0 Å². The molecule has 0 aliphatic carbocycles. The van der Waals surface area contributed by atoms with Crippen LogP contribution in [0.15, 0.2) is 48.1 Å². The van der Waals surface area contributed by atoms with Gasteiger partial charge in [0, 0.05) is 56.9 Å². The summed E-state index contributed by atoms with van der Waals surface area (Å²) in [7, 11) is 1.83. The lowest BCUT2D eigenvalue weighted by molar-refractivity contribution is 0.0627. The summed E-state index contributed by atoms with van der Waals surface area (Å²) in [6, 6.07) is 10.3. The molecule has 4 rings (SSSR count). The topological polar surface area (TPSA) is 54.3 Å². The van der Waals surface area contributed by atoms with Crippen LogP contribution in [0.3, 0.4) is 0 Å². The van der Waals surface area contributed by atoms with Crippen LogP contribution in [0.1, 0.15) is 16.1 Å².